The van der Waals surface area contributed by atoms with Crippen LogP contribution in [0.5, 0.6) is 11.5 Å². The first kappa shape index (κ1) is 20.8. The normalized spacial score (nSPS) is 11.1. The van der Waals surface area contributed by atoms with Crippen LogP contribution < -0.4 is 14.8 Å². The molecule has 2 aromatic rings. The van der Waals surface area contributed by atoms with Crippen molar-refractivity contribution < 1.29 is 33.3 Å². The maximum Gasteiger partial charge on any atom is 0.339 e. The van der Waals surface area contributed by atoms with E-state index in [1.165, 1.54) is 32.4 Å². The summed E-state index contributed by atoms with van der Waals surface area (Å²) in [5.41, 5.74) is 0.388. The van der Waals surface area contributed by atoms with Gasteiger partial charge in [0.2, 0.25) is 0 Å². The van der Waals surface area contributed by atoms with Gasteiger partial charge in [-0.25, -0.2) is 9.59 Å². The number of hydrogen-bond acceptors (Lipinski definition) is 7. The van der Waals surface area contributed by atoms with E-state index in [1.54, 1.807) is 38.3 Å². The van der Waals surface area contributed by atoms with Crippen molar-refractivity contribution >= 4 is 23.5 Å². The van der Waals surface area contributed by atoms with Crippen LogP contribution in [0.25, 0.3) is 0 Å². The maximum absolute atomic E-state index is 12.5. The van der Waals surface area contributed by atoms with Crippen LogP contribution in [-0.4, -0.2) is 45.3 Å². The number of carbonyl (C=O) groups is 3. The number of benzene rings is 2. The quantitative estimate of drug-likeness (QED) is 0.729. The lowest BCUT2D eigenvalue weighted by atomic mass is 10.1. The van der Waals surface area contributed by atoms with Crippen LogP contribution in [0.4, 0.5) is 5.69 Å². The molecule has 0 radical (unpaired) electrons. The number of rotatable bonds is 7. The monoisotopic (exact) mass is 387 g/mol. The topological polar surface area (TPSA) is 100 Å². The molecule has 0 bridgehead atoms. The summed E-state index contributed by atoms with van der Waals surface area (Å²) < 4.78 is 20.0. The van der Waals surface area contributed by atoms with Crippen LogP contribution in [-0.2, 0) is 14.3 Å². The number of esters is 2. The number of carbonyl (C=O) groups excluding carboxylic acids is 3. The van der Waals surface area contributed by atoms with Crippen molar-refractivity contribution in [2.24, 2.45) is 0 Å². The minimum Gasteiger partial charge on any atom is -0.497 e. The zero-order valence-corrected chi connectivity index (χ0v) is 16.0. The Bertz CT molecular complexity index is 861. The Labute approximate surface area is 162 Å². The van der Waals surface area contributed by atoms with E-state index in [1.807, 2.05) is 0 Å². The smallest absolute Gasteiger partial charge is 0.339 e. The van der Waals surface area contributed by atoms with Crippen molar-refractivity contribution in [2.45, 2.75) is 13.0 Å². The third kappa shape index (κ3) is 5.00. The van der Waals surface area contributed by atoms with Gasteiger partial charge >= 0.3 is 11.9 Å². The minimum absolute atomic E-state index is 0.0974. The Morgan fingerprint density at radius 3 is 2.04 bits per heavy atom. The van der Waals surface area contributed by atoms with Gasteiger partial charge in [-0.1, -0.05) is 0 Å². The van der Waals surface area contributed by atoms with E-state index >= 15 is 0 Å². The molecule has 1 amide bonds. The molecule has 0 fully saturated rings. The minimum atomic E-state index is -0.874. The summed E-state index contributed by atoms with van der Waals surface area (Å²) in [6, 6.07) is 10.9. The number of hydrogen-bond donors (Lipinski definition) is 1. The van der Waals surface area contributed by atoms with E-state index < -0.39 is 23.9 Å². The molecule has 8 heteroatoms. The summed E-state index contributed by atoms with van der Waals surface area (Å²) in [6.07, 6.45) is -0.874. The first-order chi connectivity index (χ1) is 13.4. The van der Waals surface area contributed by atoms with Gasteiger partial charge in [0.15, 0.2) is 6.10 Å². The van der Waals surface area contributed by atoms with Gasteiger partial charge in [-0.05, 0) is 49.4 Å². The molecule has 8 nitrogen and oxygen atoms in total. The molecule has 0 aliphatic carbocycles. The average Bonchev–Trinajstić information content (AvgIpc) is 2.72. The molecule has 0 aliphatic rings. The molecule has 0 aliphatic heterocycles. The zero-order chi connectivity index (χ0) is 20.7. The van der Waals surface area contributed by atoms with Gasteiger partial charge in [-0.15, -0.1) is 0 Å². The van der Waals surface area contributed by atoms with Crippen LogP contribution in [0.1, 0.15) is 27.6 Å². The highest BCUT2D eigenvalue weighted by atomic mass is 16.5. The Balaban J connectivity index is 2.19. The third-order valence-corrected chi connectivity index (χ3v) is 3.85. The molecule has 0 saturated heterocycles. The van der Waals surface area contributed by atoms with Crippen molar-refractivity contribution in [2.75, 3.05) is 26.6 Å². The van der Waals surface area contributed by atoms with Gasteiger partial charge in [0.05, 0.1) is 38.1 Å². The number of nitrogens with one attached hydrogen (secondary N) is 1. The van der Waals surface area contributed by atoms with Crippen LogP contribution in [0.3, 0.4) is 0 Å². The molecule has 0 spiro atoms. The molecule has 0 aromatic heterocycles. The van der Waals surface area contributed by atoms with E-state index in [2.05, 4.69) is 10.1 Å². The zero-order valence-electron chi connectivity index (χ0n) is 16.0. The second-order valence-corrected chi connectivity index (χ2v) is 5.67. The maximum atomic E-state index is 12.5. The summed E-state index contributed by atoms with van der Waals surface area (Å²) >= 11 is 0. The largest absolute Gasteiger partial charge is 0.497 e. The summed E-state index contributed by atoms with van der Waals surface area (Å²) in [7, 11) is 4.00. The third-order valence-electron chi connectivity index (χ3n) is 3.85. The lowest BCUT2D eigenvalue weighted by Gasteiger charge is -2.16. The molecule has 2 aromatic carbocycles. The van der Waals surface area contributed by atoms with Gasteiger partial charge in [0, 0.05) is 0 Å². The van der Waals surface area contributed by atoms with Crippen molar-refractivity contribution in [1.29, 1.82) is 0 Å². The second-order valence-electron chi connectivity index (χ2n) is 5.67. The number of amides is 1. The van der Waals surface area contributed by atoms with Crippen LogP contribution in [0.2, 0.25) is 0 Å². The molecule has 0 unspecified atom stereocenters. The molecule has 148 valence electrons. The van der Waals surface area contributed by atoms with Crippen LogP contribution >= 0.6 is 0 Å². The number of ether oxygens (including phenoxy) is 4. The van der Waals surface area contributed by atoms with Gasteiger partial charge in [0.1, 0.15) is 11.5 Å². The van der Waals surface area contributed by atoms with Crippen molar-refractivity contribution in [3.05, 3.63) is 53.6 Å². The molecular formula is C20H21NO7. The lowest BCUT2D eigenvalue weighted by Crippen LogP contribution is -2.31. The molecule has 2 rings (SSSR count). The summed E-state index contributed by atoms with van der Waals surface area (Å²) in [5, 5.41) is 2.59. The standard InChI is InChI=1S/C20H21NO7/c1-12(28-15-8-6-14(25-2)7-9-15)18(22)21-17-11-13(19(23)26-3)5-10-16(17)20(24)27-4/h5-12H,1-4H3,(H,21,22)/t12-/m1/s1. The van der Waals surface area contributed by atoms with E-state index in [0.717, 1.165) is 0 Å². The Hall–Kier alpha value is -3.55. The van der Waals surface area contributed by atoms with Gasteiger partial charge < -0.3 is 24.3 Å². The fraction of sp³-hybridized carbons (Fsp3) is 0.250. The van der Waals surface area contributed by atoms with Gasteiger partial charge in [-0.3, -0.25) is 4.79 Å². The fourth-order valence-corrected chi connectivity index (χ4v) is 2.33. The average molecular weight is 387 g/mol. The highest BCUT2D eigenvalue weighted by molar-refractivity contribution is 6.04. The molecule has 0 saturated carbocycles. The predicted octanol–water partition coefficient (Wildman–Crippen LogP) is 2.67. The molecule has 1 atom stereocenters. The highest BCUT2D eigenvalue weighted by Crippen LogP contribution is 2.22. The predicted molar refractivity (Wildman–Crippen MR) is 101 cm³/mol. The van der Waals surface area contributed by atoms with Crippen LogP contribution in [0.15, 0.2) is 42.5 Å². The SMILES string of the molecule is COC(=O)c1ccc(C(=O)OC)c(NC(=O)[C@@H](C)Oc2ccc(OC)cc2)c1. The fourth-order valence-electron chi connectivity index (χ4n) is 2.33. The van der Waals surface area contributed by atoms with E-state index in [0.29, 0.717) is 11.5 Å². The van der Waals surface area contributed by atoms with E-state index in [-0.39, 0.29) is 16.8 Å². The Morgan fingerprint density at radius 1 is 0.857 bits per heavy atom. The van der Waals surface area contributed by atoms with Gasteiger partial charge in [-0.2, -0.15) is 0 Å². The van der Waals surface area contributed by atoms with E-state index in [4.69, 9.17) is 14.2 Å². The highest BCUT2D eigenvalue weighted by Gasteiger charge is 2.21. The first-order valence-corrected chi connectivity index (χ1v) is 8.31. The molecular weight excluding hydrogens is 366 g/mol. The second kappa shape index (κ2) is 9.40. The summed E-state index contributed by atoms with van der Waals surface area (Å²) in [5.74, 6) is -0.639. The lowest BCUT2D eigenvalue weighted by molar-refractivity contribution is -0.122. The molecule has 1 N–H and O–H groups in total. The number of anilines is 1. The Morgan fingerprint density at radius 2 is 1.46 bits per heavy atom. The molecule has 0 heterocycles. The van der Waals surface area contributed by atoms with Crippen molar-refractivity contribution in [3.8, 4) is 11.5 Å². The summed E-state index contributed by atoms with van der Waals surface area (Å²) in [6.45, 7) is 1.56. The van der Waals surface area contributed by atoms with Crippen molar-refractivity contribution in [3.63, 3.8) is 0 Å². The number of methoxy groups -OCH3 is 3. The van der Waals surface area contributed by atoms with Gasteiger partial charge in [0.25, 0.3) is 5.91 Å². The van der Waals surface area contributed by atoms with Crippen molar-refractivity contribution in [1.82, 2.24) is 0 Å². The first-order valence-electron chi connectivity index (χ1n) is 8.31. The van der Waals surface area contributed by atoms with Crippen LogP contribution in [0, 0.1) is 0 Å². The summed E-state index contributed by atoms with van der Waals surface area (Å²) in [4.78, 5) is 36.2. The van der Waals surface area contributed by atoms with E-state index in [9.17, 15) is 14.4 Å². The molecule has 28 heavy (non-hydrogen) atoms. The Kier molecular flexibility index (Phi) is 6.97.